The Labute approximate surface area is 164 Å². The molecule has 4 heterocycles. The average molecular weight is 440 g/mol. The van der Waals surface area contributed by atoms with Crippen LogP contribution in [0.25, 0.3) is 11.2 Å². The van der Waals surface area contributed by atoms with E-state index in [-0.39, 0.29) is 18.5 Å². The van der Waals surface area contributed by atoms with E-state index in [1.165, 1.54) is 12.7 Å². The molecule has 0 aromatic carbocycles. The summed E-state index contributed by atoms with van der Waals surface area (Å²) in [6.07, 6.45) is 0.595. The summed E-state index contributed by atoms with van der Waals surface area (Å²) in [5.74, 6) is 0.249. The summed E-state index contributed by atoms with van der Waals surface area (Å²) >= 11 is 18.7. The highest BCUT2D eigenvalue weighted by atomic mass is 35.5. The molecule has 4 atom stereocenters. The molecule has 2 aliphatic rings. The molecule has 2 aliphatic heterocycles. The number of hydrogen-bond acceptors (Lipinski definition) is 9. The SMILES string of the molecule is CC(C)O[P@@]1(=S)OC[C@H]2O[C@@H](n3cnc4c(N)ncnc43)C(Cl)(Cl)[C@@H]2O1. The van der Waals surface area contributed by atoms with Crippen molar-refractivity contribution in [1.82, 2.24) is 19.5 Å². The Hall–Kier alpha value is -0.580. The van der Waals surface area contributed by atoms with E-state index in [2.05, 4.69) is 15.0 Å². The first kappa shape index (κ1) is 18.8. The van der Waals surface area contributed by atoms with Crippen molar-refractivity contribution in [2.24, 2.45) is 0 Å². The van der Waals surface area contributed by atoms with Crippen LogP contribution in [0.15, 0.2) is 12.7 Å². The van der Waals surface area contributed by atoms with Crippen molar-refractivity contribution in [3.8, 4) is 0 Å². The minimum atomic E-state index is -2.96. The number of nitrogen functional groups attached to an aromatic ring is 1. The summed E-state index contributed by atoms with van der Waals surface area (Å²) in [4.78, 5) is 12.3. The highest BCUT2D eigenvalue weighted by Gasteiger charge is 2.61. The molecule has 2 saturated heterocycles. The van der Waals surface area contributed by atoms with Gasteiger partial charge in [0.05, 0.1) is 19.0 Å². The number of alkyl halides is 2. The first-order chi connectivity index (χ1) is 12.2. The number of aromatic nitrogens is 4. The van der Waals surface area contributed by atoms with Gasteiger partial charge in [-0.25, -0.2) is 15.0 Å². The van der Waals surface area contributed by atoms with E-state index in [1.807, 2.05) is 13.8 Å². The number of imidazole rings is 1. The number of ether oxygens (including phenoxy) is 1. The second-order valence-corrected chi connectivity index (χ2v) is 10.6. The first-order valence-electron chi connectivity index (χ1n) is 7.79. The van der Waals surface area contributed by atoms with Crippen molar-refractivity contribution in [1.29, 1.82) is 0 Å². The zero-order valence-electron chi connectivity index (χ0n) is 13.8. The molecule has 0 saturated carbocycles. The third kappa shape index (κ3) is 3.02. The topological polar surface area (TPSA) is 107 Å². The summed E-state index contributed by atoms with van der Waals surface area (Å²) in [6.45, 7) is 0.887. The fourth-order valence-electron chi connectivity index (χ4n) is 2.92. The lowest BCUT2D eigenvalue weighted by atomic mass is 10.2. The maximum Gasteiger partial charge on any atom is 0.327 e. The molecule has 13 heteroatoms. The average Bonchev–Trinajstić information content (AvgIpc) is 3.07. The van der Waals surface area contributed by atoms with Crippen LogP contribution in [-0.4, -0.2) is 48.8 Å². The van der Waals surface area contributed by atoms with Gasteiger partial charge in [-0.1, -0.05) is 23.2 Å². The lowest BCUT2D eigenvalue weighted by Gasteiger charge is -2.36. The molecule has 26 heavy (non-hydrogen) atoms. The minimum absolute atomic E-state index is 0.159. The van der Waals surface area contributed by atoms with Crippen LogP contribution in [0, 0.1) is 0 Å². The van der Waals surface area contributed by atoms with E-state index in [4.69, 9.17) is 59.1 Å². The Bertz CT molecular complexity index is 897. The third-order valence-electron chi connectivity index (χ3n) is 3.97. The van der Waals surface area contributed by atoms with Gasteiger partial charge in [-0.05, 0) is 25.7 Å². The van der Waals surface area contributed by atoms with Gasteiger partial charge in [0.2, 0.25) is 0 Å². The first-order valence-corrected chi connectivity index (χ1v) is 11.1. The second-order valence-electron chi connectivity index (χ2n) is 6.21. The maximum absolute atomic E-state index is 6.66. The maximum atomic E-state index is 6.66. The zero-order valence-corrected chi connectivity index (χ0v) is 17.0. The van der Waals surface area contributed by atoms with Gasteiger partial charge in [-0.2, -0.15) is 0 Å². The van der Waals surface area contributed by atoms with Crippen molar-refractivity contribution in [3.05, 3.63) is 12.7 Å². The molecule has 9 nitrogen and oxygen atoms in total. The van der Waals surface area contributed by atoms with Crippen molar-refractivity contribution >= 4 is 58.7 Å². The molecule has 2 aromatic rings. The van der Waals surface area contributed by atoms with Gasteiger partial charge >= 0.3 is 6.72 Å². The van der Waals surface area contributed by atoms with E-state index in [0.29, 0.717) is 11.2 Å². The fraction of sp³-hybridized carbons (Fsp3) is 0.615. The number of nitrogens with two attached hydrogens (primary N) is 1. The van der Waals surface area contributed by atoms with Crippen LogP contribution in [0.4, 0.5) is 5.82 Å². The highest BCUT2D eigenvalue weighted by molar-refractivity contribution is 8.07. The molecule has 2 fully saturated rings. The number of nitrogens with zero attached hydrogens (tertiary/aromatic N) is 4. The summed E-state index contributed by atoms with van der Waals surface area (Å²) < 4.78 is 23.3. The van der Waals surface area contributed by atoms with Crippen molar-refractivity contribution < 1.29 is 18.3 Å². The predicted molar refractivity (Wildman–Crippen MR) is 99.4 cm³/mol. The van der Waals surface area contributed by atoms with E-state index in [1.54, 1.807) is 4.57 Å². The second kappa shape index (κ2) is 6.49. The number of rotatable bonds is 3. The van der Waals surface area contributed by atoms with E-state index in [0.717, 1.165) is 0 Å². The van der Waals surface area contributed by atoms with E-state index in [9.17, 15) is 0 Å². The summed E-state index contributed by atoms with van der Waals surface area (Å²) in [5.41, 5.74) is 6.71. The summed E-state index contributed by atoms with van der Waals surface area (Å²) in [6, 6.07) is 0. The summed E-state index contributed by atoms with van der Waals surface area (Å²) in [7, 11) is 0. The fourth-order valence-corrected chi connectivity index (χ4v) is 6.30. The van der Waals surface area contributed by atoms with Crippen LogP contribution in [0.1, 0.15) is 20.1 Å². The number of halogens is 2. The lowest BCUT2D eigenvalue weighted by Crippen LogP contribution is -2.42. The van der Waals surface area contributed by atoms with Gasteiger partial charge in [0.25, 0.3) is 0 Å². The Morgan fingerprint density at radius 2 is 2.19 bits per heavy atom. The molecule has 4 rings (SSSR count). The molecule has 0 radical (unpaired) electrons. The van der Waals surface area contributed by atoms with Crippen molar-refractivity contribution in [2.45, 2.75) is 42.7 Å². The predicted octanol–water partition coefficient (Wildman–Crippen LogP) is 2.54. The molecular weight excluding hydrogens is 424 g/mol. The van der Waals surface area contributed by atoms with Crippen molar-refractivity contribution in [2.75, 3.05) is 12.3 Å². The number of fused-ring (bicyclic) bond motifs is 2. The van der Waals surface area contributed by atoms with Gasteiger partial charge in [0, 0.05) is 0 Å². The molecule has 142 valence electrons. The van der Waals surface area contributed by atoms with Crippen LogP contribution >= 0.6 is 29.9 Å². The molecule has 0 amide bonds. The van der Waals surface area contributed by atoms with Crippen molar-refractivity contribution in [3.63, 3.8) is 0 Å². The molecule has 0 bridgehead atoms. The van der Waals surface area contributed by atoms with E-state index >= 15 is 0 Å². The lowest BCUT2D eigenvalue weighted by molar-refractivity contribution is -0.0632. The number of anilines is 1. The number of hydrogen-bond donors (Lipinski definition) is 1. The van der Waals surface area contributed by atoms with E-state index < -0.39 is 29.5 Å². The van der Waals surface area contributed by atoms with Gasteiger partial charge in [0.15, 0.2) is 22.0 Å². The molecule has 2 N–H and O–H groups in total. The largest absolute Gasteiger partial charge is 0.382 e. The van der Waals surface area contributed by atoms with Crippen LogP contribution in [0.3, 0.4) is 0 Å². The smallest absolute Gasteiger partial charge is 0.327 e. The van der Waals surface area contributed by atoms with Crippen LogP contribution in [-0.2, 0) is 30.1 Å². The quantitative estimate of drug-likeness (QED) is 0.569. The Morgan fingerprint density at radius 3 is 2.92 bits per heavy atom. The normalized spacial score (nSPS) is 33.7. The monoisotopic (exact) mass is 439 g/mol. The van der Waals surface area contributed by atoms with Gasteiger partial charge in [0.1, 0.15) is 24.1 Å². The Balaban J connectivity index is 1.68. The standard InChI is InChI=1S/C13H16Cl2N5O4PS/c1-6(2)23-25(26)21-3-7-9(24-25)13(14,15)12(22-7)20-5-19-8-10(16)17-4-18-11(8)20/h4-7,9,12H,3H2,1-2H3,(H2,16,17,18)/t7-,9-,12-,25+/m1/s1. The Kier molecular flexibility index (Phi) is 4.69. The van der Waals surface area contributed by atoms with Gasteiger partial charge < -0.3 is 19.5 Å². The Morgan fingerprint density at radius 1 is 1.42 bits per heavy atom. The minimum Gasteiger partial charge on any atom is -0.382 e. The molecule has 0 spiro atoms. The van der Waals surface area contributed by atoms with Crippen LogP contribution in [0.5, 0.6) is 0 Å². The zero-order chi connectivity index (χ0) is 18.7. The van der Waals surface area contributed by atoms with Gasteiger partial charge in [-0.3, -0.25) is 9.09 Å². The summed E-state index contributed by atoms with van der Waals surface area (Å²) in [5, 5.41) is 0. The third-order valence-corrected chi connectivity index (χ3v) is 7.24. The van der Waals surface area contributed by atoms with Crippen LogP contribution in [0.2, 0.25) is 0 Å². The molecular formula is C13H16Cl2N5O4PS. The molecule has 2 aromatic heterocycles. The van der Waals surface area contributed by atoms with Crippen LogP contribution < -0.4 is 5.73 Å². The highest BCUT2D eigenvalue weighted by Crippen LogP contribution is 2.62. The molecule has 0 unspecified atom stereocenters. The van der Waals surface area contributed by atoms with Gasteiger partial charge in [-0.15, -0.1) is 0 Å². The molecule has 0 aliphatic carbocycles.